The van der Waals surface area contributed by atoms with Gasteiger partial charge in [-0.2, -0.15) is 0 Å². The molecule has 2 aromatic rings. The molecule has 0 radical (unpaired) electrons. The van der Waals surface area contributed by atoms with E-state index in [9.17, 15) is 9.90 Å². The van der Waals surface area contributed by atoms with Crippen molar-refractivity contribution < 1.29 is 15.0 Å². The molecule has 3 N–H and O–H groups in total. The molecule has 4 heteroatoms. The first-order chi connectivity index (χ1) is 7.16. The first kappa shape index (κ1) is 9.33. The Balaban J connectivity index is 2.60. The van der Waals surface area contributed by atoms with Gasteiger partial charge in [0.25, 0.3) is 0 Å². The lowest BCUT2D eigenvalue weighted by Crippen LogP contribution is -2.07. The number of carboxylic acid groups (broad SMARTS) is 1. The predicted octanol–water partition coefficient (Wildman–Crippen LogP) is 2.64. The van der Waals surface area contributed by atoms with E-state index in [1.54, 1.807) is 24.3 Å². The summed E-state index contributed by atoms with van der Waals surface area (Å²) < 4.78 is 0. The lowest BCUT2D eigenvalue weighted by atomic mass is 10.1. The van der Waals surface area contributed by atoms with E-state index in [1.165, 1.54) is 6.07 Å². The van der Waals surface area contributed by atoms with Crippen LogP contribution in [0.25, 0.3) is 10.8 Å². The van der Waals surface area contributed by atoms with Gasteiger partial charge in [-0.25, -0.2) is 4.79 Å². The molecule has 0 aliphatic carbocycles. The molecule has 4 nitrogen and oxygen atoms in total. The van der Waals surface area contributed by atoms with Crippen LogP contribution in [0.5, 0.6) is 5.75 Å². The lowest BCUT2D eigenvalue weighted by Gasteiger charge is -2.05. The van der Waals surface area contributed by atoms with Crippen molar-refractivity contribution >= 4 is 22.6 Å². The van der Waals surface area contributed by atoms with Crippen molar-refractivity contribution in [3.63, 3.8) is 0 Å². The Kier molecular flexibility index (Phi) is 2.17. The SMILES string of the molecule is O=C(O)Nc1cccc2cc(O)ccc12. The molecule has 1 amide bonds. The fourth-order valence-corrected chi connectivity index (χ4v) is 1.50. The highest BCUT2D eigenvalue weighted by molar-refractivity contribution is 6.00. The van der Waals surface area contributed by atoms with Crippen molar-refractivity contribution in [1.82, 2.24) is 0 Å². The van der Waals surface area contributed by atoms with Crippen LogP contribution < -0.4 is 5.32 Å². The van der Waals surface area contributed by atoms with E-state index in [0.717, 1.165) is 10.8 Å². The summed E-state index contributed by atoms with van der Waals surface area (Å²) in [5, 5.41) is 21.7. The largest absolute Gasteiger partial charge is 0.508 e. The highest BCUT2D eigenvalue weighted by Gasteiger charge is 2.03. The Hall–Kier alpha value is -2.23. The number of phenolic OH excluding ortho intramolecular Hbond substituents is 1. The third-order valence-corrected chi connectivity index (χ3v) is 2.11. The van der Waals surface area contributed by atoms with Gasteiger partial charge < -0.3 is 10.2 Å². The standard InChI is InChI=1S/C11H9NO3/c13-8-4-5-9-7(6-8)2-1-3-10(9)12-11(14)15/h1-6,12-13H,(H,14,15). The molecule has 0 aliphatic rings. The van der Waals surface area contributed by atoms with Crippen LogP contribution in [0.1, 0.15) is 0 Å². The van der Waals surface area contributed by atoms with Crippen molar-refractivity contribution in [1.29, 1.82) is 0 Å². The van der Waals surface area contributed by atoms with Gasteiger partial charge >= 0.3 is 6.09 Å². The number of phenols is 1. The third-order valence-electron chi connectivity index (χ3n) is 2.11. The van der Waals surface area contributed by atoms with Crippen molar-refractivity contribution in [3.05, 3.63) is 36.4 Å². The molecule has 0 fully saturated rings. The van der Waals surface area contributed by atoms with Gasteiger partial charge in [-0.3, -0.25) is 5.32 Å². The normalized spacial score (nSPS) is 10.1. The first-order valence-corrected chi connectivity index (χ1v) is 4.38. The van der Waals surface area contributed by atoms with Crippen LogP contribution in [-0.2, 0) is 0 Å². The minimum absolute atomic E-state index is 0.162. The zero-order valence-corrected chi connectivity index (χ0v) is 7.77. The molecule has 76 valence electrons. The van der Waals surface area contributed by atoms with Gasteiger partial charge in [0.1, 0.15) is 5.75 Å². The number of nitrogens with one attached hydrogen (secondary N) is 1. The number of aromatic hydroxyl groups is 1. The van der Waals surface area contributed by atoms with Gasteiger partial charge in [0.05, 0.1) is 5.69 Å². The molecular weight excluding hydrogens is 194 g/mol. The summed E-state index contributed by atoms with van der Waals surface area (Å²) in [4.78, 5) is 10.5. The summed E-state index contributed by atoms with van der Waals surface area (Å²) in [6.45, 7) is 0. The summed E-state index contributed by atoms with van der Waals surface area (Å²) >= 11 is 0. The molecule has 0 saturated heterocycles. The minimum Gasteiger partial charge on any atom is -0.508 e. The fraction of sp³-hybridized carbons (Fsp3) is 0. The van der Waals surface area contributed by atoms with Crippen molar-refractivity contribution in [2.45, 2.75) is 0 Å². The summed E-state index contributed by atoms with van der Waals surface area (Å²) in [7, 11) is 0. The van der Waals surface area contributed by atoms with E-state index in [0.29, 0.717) is 5.69 Å². The molecule has 0 aromatic heterocycles. The van der Waals surface area contributed by atoms with E-state index < -0.39 is 6.09 Å². The van der Waals surface area contributed by atoms with Crippen LogP contribution in [0.15, 0.2) is 36.4 Å². The lowest BCUT2D eigenvalue weighted by molar-refractivity contribution is 0.210. The van der Waals surface area contributed by atoms with E-state index >= 15 is 0 Å². The number of fused-ring (bicyclic) bond motifs is 1. The zero-order chi connectivity index (χ0) is 10.8. The van der Waals surface area contributed by atoms with Gasteiger partial charge in [-0.05, 0) is 29.7 Å². The summed E-state index contributed by atoms with van der Waals surface area (Å²) in [6, 6.07) is 10.00. The van der Waals surface area contributed by atoms with E-state index in [1.807, 2.05) is 6.07 Å². The maximum atomic E-state index is 10.5. The maximum absolute atomic E-state index is 10.5. The second-order valence-corrected chi connectivity index (χ2v) is 3.14. The van der Waals surface area contributed by atoms with Crippen LogP contribution in [0, 0.1) is 0 Å². The minimum atomic E-state index is -1.10. The van der Waals surface area contributed by atoms with Gasteiger partial charge in [0, 0.05) is 5.39 Å². The maximum Gasteiger partial charge on any atom is 0.409 e. The van der Waals surface area contributed by atoms with Crippen LogP contribution in [0.3, 0.4) is 0 Å². The monoisotopic (exact) mass is 203 g/mol. The van der Waals surface area contributed by atoms with Crippen LogP contribution in [-0.4, -0.2) is 16.3 Å². The topological polar surface area (TPSA) is 69.6 Å². The molecule has 0 bridgehead atoms. The van der Waals surface area contributed by atoms with Crippen LogP contribution >= 0.6 is 0 Å². The number of amides is 1. The summed E-state index contributed by atoms with van der Waals surface area (Å²) in [5.74, 6) is 0.162. The average molecular weight is 203 g/mol. The quantitative estimate of drug-likeness (QED) is 0.667. The van der Waals surface area contributed by atoms with E-state index in [4.69, 9.17) is 5.11 Å². The predicted molar refractivity (Wildman–Crippen MR) is 57.3 cm³/mol. The second-order valence-electron chi connectivity index (χ2n) is 3.14. The van der Waals surface area contributed by atoms with Crippen LogP contribution in [0.4, 0.5) is 10.5 Å². The highest BCUT2D eigenvalue weighted by Crippen LogP contribution is 2.26. The Labute approximate surface area is 85.8 Å². The summed E-state index contributed by atoms with van der Waals surface area (Å²) in [5.41, 5.74) is 0.514. The van der Waals surface area contributed by atoms with Gasteiger partial charge in [0.2, 0.25) is 0 Å². The summed E-state index contributed by atoms with van der Waals surface area (Å²) in [6.07, 6.45) is -1.10. The van der Waals surface area contributed by atoms with Crippen molar-refractivity contribution in [2.24, 2.45) is 0 Å². The average Bonchev–Trinajstić information content (AvgIpc) is 2.16. The molecule has 0 atom stereocenters. The Morgan fingerprint density at radius 1 is 1.20 bits per heavy atom. The Morgan fingerprint density at radius 3 is 2.73 bits per heavy atom. The molecule has 0 aliphatic heterocycles. The van der Waals surface area contributed by atoms with Crippen LogP contribution in [0.2, 0.25) is 0 Å². The fourth-order valence-electron chi connectivity index (χ4n) is 1.50. The smallest absolute Gasteiger partial charge is 0.409 e. The number of anilines is 1. The second kappa shape index (κ2) is 3.49. The zero-order valence-electron chi connectivity index (χ0n) is 7.77. The van der Waals surface area contributed by atoms with E-state index in [2.05, 4.69) is 5.32 Å². The molecule has 15 heavy (non-hydrogen) atoms. The first-order valence-electron chi connectivity index (χ1n) is 4.38. The Morgan fingerprint density at radius 2 is 2.00 bits per heavy atom. The van der Waals surface area contributed by atoms with Gasteiger partial charge in [-0.15, -0.1) is 0 Å². The van der Waals surface area contributed by atoms with Crippen molar-refractivity contribution in [3.8, 4) is 5.75 Å². The van der Waals surface area contributed by atoms with E-state index in [-0.39, 0.29) is 5.75 Å². The molecule has 0 saturated carbocycles. The van der Waals surface area contributed by atoms with Gasteiger partial charge in [-0.1, -0.05) is 12.1 Å². The molecule has 2 aromatic carbocycles. The third kappa shape index (κ3) is 1.83. The number of rotatable bonds is 1. The Bertz CT molecular complexity index is 522. The number of benzene rings is 2. The van der Waals surface area contributed by atoms with Gasteiger partial charge in [0.15, 0.2) is 0 Å². The number of hydrogen-bond donors (Lipinski definition) is 3. The van der Waals surface area contributed by atoms with Crippen molar-refractivity contribution in [2.75, 3.05) is 5.32 Å². The number of hydrogen-bond acceptors (Lipinski definition) is 2. The number of carbonyl (C=O) groups is 1. The molecule has 0 heterocycles. The molecule has 0 spiro atoms. The molecular formula is C11H9NO3. The molecule has 2 rings (SSSR count). The molecule has 0 unspecified atom stereocenters. The highest BCUT2D eigenvalue weighted by atomic mass is 16.4.